The number of nitrogens with one attached hydrogen (secondary N) is 2. The second kappa shape index (κ2) is 3.27. The van der Waals surface area contributed by atoms with E-state index in [-0.39, 0.29) is 0 Å². The van der Waals surface area contributed by atoms with Gasteiger partial charge in [-0.3, -0.25) is 9.89 Å². The summed E-state index contributed by atoms with van der Waals surface area (Å²) >= 11 is 0. The summed E-state index contributed by atoms with van der Waals surface area (Å²) in [7, 11) is 0. The molecule has 78 valence electrons. The number of aromatic nitrogens is 5. The molecule has 0 aliphatic heterocycles. The molecule has 0 spiro atoms. The molecule has 0 unspecified atom stereocenters. The lowest BCUT2D eigenvalue weighted by Crippen LogP contribution is -1.89. The monoisotopic (exact) mass is 213 g/mol. The summed E-state index contributed by atoms with van der Waals surface area (Å²) in [6.45, 7) is 0. The van der Waals surface area contributed by atoms with E-state index in [2.05, 4.69) is 25.1 Å². The van der Waals surface area contributed by atoms with Crippen molar-refractivity contribution in [3.8, 4) is 11.3 Å². The molecule has 0 saturated heterocycles. The summed E-state index contributed by atoms with van der Waals surface area (Å²) in [5.74, 6) is 0. The molecule has 0 bridgehead atoms. The second-order valence-electron chi connectivity index (χ2n) is 3.28. The summed E-state index contributed by atoms with van der Waals surface area (Å²) in [4.78, 5) is 22.1. The third-order valence-electron chi connectivity index (χ3n) is 2.40. The van der Waals surface area contributed by atoms with Gasteiger partial charge >= 0.3 is 0 Å². The molecule has 0 fully saturated rings. The van der Waals surface area contributed by atoms with Crippen LogP contribution in [0.25, 0.3) is 22.3 Å². The lowest BCUT2D eigenvalue weighted by atomic mass is 10.1. The van der Waals surface area contributed by atoms with E-state index in [1.807, 2.05) is 6.07 Å². The van der Waals surface area contributed by atoms with Crippen LogP contribution in [0.15, 0.2) is 24.8 Å². The Bertz CT molecular complexity index is 654. The maximum atomic E-state index is 10.8. The predicted molar refractivity (Wildman–Crippen MR) is 56.9 cm³/mol. The highest BCUT2D eigenvalue weighted by Gasteiger charge is 2.12. The Hall–Kier alpha value is -2.50. The van der Waals surface area contributed by atoms with Crippen molar-refractivity contribution in [1.82, 2.24) is 25.1 Å². The summed E-state index contributed by atoms with van der Waals surface area (Å²) in [5.41, 5.74) is 2.54. The van der Waals surface area contributed by atoms with Crippen LogP contribution in [0.4, 0.5) is 0 Å². The van der Waals surface area contributed by atoms with Gasteiger partial charge in [0.1, 0.15) is 17.7 Å². The van der Waals surface area contributed by atoms with Crippen LogP contribution >= 0.6 is 0 Å². The van der Waals surface area contributed by atoms with Crippen molar-refractivity contribution in [1.29, 1.82) is 0 Å². The number of hydrogen-bond donors (Lipinski definition) is 2. The summed E-state index contributed by atoms with van der Waals surface area (Å²) in [5, 5.41) is 7.32. The third kappa shape index (κ3) is 1.13. The number of nitrogens with zero attached hydrogens (tertiary/aromatic N) is 3. The van der Waals surface area contributed by atoms with Crippen LogP contribution in [0.1, 0.15) is 10.5 Å². The summed E-state index contributed by atoms with van der Waals surface area (Å²) in [6, 6.07) is 1.87. The lowest BCUT2D eigenvalue weighted by Gasteiger charge is -1.98. The molecule has 0 amide bonds. The highest BCUT2D eigenvalue weighted by atomic mass is 16.1. The van der Waals surface area contributed by atoms with Gasteiger partial charge in [0.05, 0.1) is 11.9 Å². The minimum atomic E-state index is 0.418. The average molecular weight is 213 g/mol. The van der Waals surface area contributed by atoms with Crippen LogP contribution in [-0.4, -0.2) is 31.4 Å². The predicted octanol–water partition coefficient (Wildman–Crippen LogP) is 1.16. The fourth-order valence-electron chi connectivity index (χ4n) is 1.66. The maximum absolute atomic E-state index is 10.8. The molecule has 2 N–H and O–H groups in total. The van der Waals surface area contributed by atoms with Gasteiger partial charge in [0.25, 0.3) is 0 Å². The lowest BCUT2D eigenvalue weighted by molar-refractivity contribution is 0.111. The van der Waals surface area contributed by atoms with Crippen LogP contribution in [0.5, 0.6) is 0 Å². The highest BCUT2D eigenvalue weighted by Crippen LogP contribution is 2.25. The number of carbonyl (C=O) groups is 1. The van der Waals surface area contributed by atoms with Crippen molar-refractivity contribution < 1.29 is 4.79 Å². The van der Waals surface area contributed by atoms with Gasteiger partial charge in [0.15, 0.2) is 6.29 Å². The Morgan fingerprint density at radius 1 is 1.31 bits per heavy atom. The second-order valence-corrected chi connectivity index (χ2v) is 3.28. The van der Waals surface area contributed by atoms with E-state index in [1.54, 1.807) is 12.4 Å². The number of aromatic amines is 2. The van der Waals surface area contributed by atoms with Gasteiger partial charge in [-0.15, -0.1) is 0 Å². The van der Waals surface area contributed by atoms with Crippen molar-refractivity contribution in [2.45, 2.75) is 0 Å². The minimum absolute atomic E-state index is 0.418. The van der Waals surface area contributed by atoms with Gasteiger partial charge in [-0.1, -0.05) is 0 Å². The van der Waals surface area contributed by atoms with Crippen LogP contribution in [0.3, 0.4) is 0 Å². The number of hydrogen-bond acceptors (Lipinski definition) is 4. The van der Waals surface area contributed by atoms with E-state index < -0.39 is 0 Å². The Balaban J connectivity index is 2.33. The molecular formula is C10H7N5O. The quantitative estimate of drug-likeness (QED) is 0.625. The molecule has 3 aromatic rings. The molecule has 0 aliphatic carbocycles. The smallest absolute Gasteiger partial charge is 0.168 e. The Kier molecular flexibility index (Phi) is 1.79. The van der Waals surface area contributed by atoms with Gasteiger partial charge in [0, 0.05) is 17.1 Å². The van der Waals surface area contributed by atoms with E-state index in [0.717, 1.165) is 17.3 Å². The highest BCUT2D eigenvalue weighted by molar-refractivity contribution is 5.95. The fraction of sp³-hybridized carbons (Fsp3) is 0. The van der Waals surface area contributed by atoms with Gasteiger partial charge in [-0.25, -0.2) is 9.97 Å². The van der Waals surface area contributed by atoms with Crippen LogP contribution < -0.4 is 0 Å². The molecule has 0 radical (unpaired) electrons. The number of H-pyrrole nitrogens is 2. The van der Waals surface area contributed by atoms with Crippen LogP contribution in [0, 0.1) is 0 Å². The molecule has 3 aromatic heterocycles. The van der Waals surface area contributed by atoms with Crippen molar-refractivity contribution >= 4 is 17.3 Å². The molecule has 0 aromatic carbocycles. The van der Waals surface area contributed by atoms with E-state index in [9.17, 15) is 4.79 Å². The van der Waals surface area contributed by atoms with E-state index in [4.69, 9.17) is 0 Å². The average Bonchev–Trinajstić information content (AvgIpc) is 2.96. The Morgan fingerprint density at radius 2 is 2.25 bits per heavy atom. The van der Waals surface area contributed by atoms with Gasteiger partial charge in [-0.05, 0) is 6.07 Å². The topological polar surface area (TPSA) is 87.3 Å². The zero-order valence-corrected chi connectivity index (χ0v) is 8.14. The number of aldehydes is 1. The first-order valence-electron chi connectivity index (χ1n) is 4.67. The van der Waals surface area contributed by atoms with Gasteiger partial charge < -0.3 is 4.98 Å². The summed E-state index contributed by atoms with van der Waals surface area (Å²) < 4.78 is 0. The first kappa shape index (κ1) is 8.78. The first-order chi connectivity index (χ1) is 7.90. The van der Waals surface area contributed by atoms with Gasteiger partial charge in [-0.2, -0.15) is 5.10 Å². The molecule has 3 rings (SSSR count). The summed E-state index contributed by atoms with van der Waals surface area (Å²) in [6.07, 6.45) is 5.54. The van der Waals surface area contributed by atoms with E-state index >= 15 is 0 Å². The number of rotatable bonds is 2. The maximum Gasteiger partial charge on any atom is 0.168 e. The normalized spacial score (nSPS) is 10.8. The first-order valence-corrected chi connectivity index (χ1v) is 4.67. The zero-order valence-electron chi connectivity index (χ0n) is 8.14. The minimum Gasteiger partial charge on any atom is -0.346 e. The van der Waals surface area contributed by atoms with Crippen molar-refractivity contribution in [2.24, 2.45) is 0 Å². The van der Waals surface area contributed by atoms with Crippen molar-refractivity contribution in [3.63, 3.8) is 0 Å². The molecule has 0 saturated carbocycles. The van der Waals surface area contributed by atoms with E-state index in [0.29, 0.717) is 17.0 Å². The van der Waals surface area contributed by atoms with Crippen molar-refractivity contribution in [2.75, 3.05) is 0 Å². The SMILES string of the molecule is O=Cc1[nH]ncc1-c1ncnc2[nH]ccc12. The van der Waals surface area contributed by atoms with Crippen LogP contribution in [0.2, 0.25) is 0 Å². The molecular weight excluding hydrogens is 206 g/mol. The molecule has 0 aliphatic rings. The third-order valence-corrected chi connectivity index (χ3v) is 2.40. The van der Waals surface area contributed by atoms with Gasteiger partial charge in [0.2, 0.25) is 0 Å². The largest absolute Gasteiger partial charge is 0.346 e. The van der Waals surface area contributed by atoms with Crippen molar-refractivity contribution in [3.05, 3.63) is 30.5 Å². The molecule has 6 nitrogen and oxygen atoms in total. The molecule has 3 heterocycles. The zero-order chi connectivity index (χ0) is 11.0. The Morgan fingerprint density at radius 3 is 3.12 bits per heavy atom. The number of fused-ring (bicyclic) bond motifs is 1. The van der Waals surface area contributed by atoms with Crippen LogP contribution in [-0.2, 0) is 0 Å². The molecule has 16 heavy (non-hydrogen) atoms. The number of carbonyl (C=O) groups excluding carboxylic acids is 1. The fourth-order valence-corrected chi connectivity index (χ4v) is 1.66. The molecule has 6 heteroatoms. The molecule has 0 atom stereocenters. The van der Waals surface area contributed by atoms with E-state index in [1.165, 1.54) is 6.33 Å². The Labute approximate surface area is 89.7 Å². The standard InChI is InChI=1S/C10H7N5O/c16-4-8-7(3-14-15-8)9-6-1-2-11-10(6)13-5-12-9/h1-5H,(H,14,15)(H,11,12,13).